The number of anilines is 1. The number of fused-ring (bicyclic) bond motifs is 1. The van der Waals surface area contributed by atoms with Crippen molar-refractivity contribution < 1.29 is 33.4 Å². The minimum atomic E-state index is -0.839. The van der Waals surface area contributed by atoms with Crippen molar-refractivity contribution in [3.8, 4) is 11.1 Å². The molecule has 0 bridgehead atoms. The van der Waals surface area contributed by atoms with Gasteiger partial charge in [-0.05, 0) is 56.2 Å². The fourth-order valence-electron chi connectivity index (χ4n) is 4.04. The van der Waals surface area contributed by atoms with E-state index in [-0.39, 0.29) is 39.9 Å². The molecule has 0 saturated carbocycles. The van der Waals surface area contributed by atoms with Crippen LogP contribution >= 0.6 is 22.9 Å². The molecule has 39 heavy (non-hydrogen) atoms. The van der Waals surface area contributed by atoms with Crippen molar-refractivity contribution in [1.82, 2.24) is 4.90 Å². The number of carbonyl (C=O) groups excluding carboxylic acids is 5. The molecule has 1 unspecified atom stereocenters. The third-order valence-corrected chi connectivity index (χ3v) is 7.35. The smallest absolute Gasteiger partial charge is 0.341 e. The number of nitrogens with zero attached hydrogens (tertiary/aromatic N) is 1. The Morgan fingerprint density at radius 3 is 2.31 bits per heavy atom. The van der Waals surface area contributed by atoms with Crippen LogP contribution in [-0.2, 0) is 14.3 Å². The number of benzene rings is 2. The number of halogens is 1. The number of ether oxygens (including phenoxy) is 2. The highest BCUT2D eigenvalue weighted by molar-refractivity contribution is 7.15. The first-order valence-corrected chi connectivity index (χ1v) is 13.4. The van der Waals surface area contributed by atoms with E-state index in [1.165, 1.54) is 23.1 Å². The van der Waals surface area contributed by atoms with Crippen LogP contribution in [0.5, 0.6) is 0 Å². The number of imide groups is 1. The van der Waals surface area contributed by atoms with Crippen molar-refractivity contribution in [2.24, 2.45) is 0 Å². The Morgan fingerprint density at radius 2 is 1.64 bits per heavy atom. The van der Waals surface area contributed by atoms with Gasteiger partial charge in [0.1, 0.15) is 10.6 Å². The third-order valence-electron chi connectivity index (χ3n) is 6.20. The Kier molecular flexibility index (Phi) is 8.47. The van der Waals surface area contributed by atoms with Crippen LogP contribution in [-0.4, -0.2) is 53.8 Å². The van der Waals surface area contributed by atoms with Gasteiger partial charge >= 0.3 is 11.9 Å². The highest BCUT2D eigenvalue weighted by Crippen LogP contribution is 2.36. The Morgan fingerprint density at radius 1 is 0.949 bits per heavy atom. The van der Waals surface area contributed by atoms with Gasteiger partial charge in [0, 0.05) is 22.0 Å². The zero-order chi connectivity index (χ0) is 28.3. The molecule has 1 aliphatic heterocycles. The lowest BCUT2D eigenvalue weighted by Crippen LogP contribution is -2.37. The minimum Gasteiger partial charge on any atom is -0.462 e. The summed E-state index contributed by atoms with van der Waals surface area (Å²) in [6, 6.07) is 10.7. The van der Waals surface area contributed by atoms with Crippen molar-refractivity contribution in [2.45, 2.75) is 33.2 Å². The number of thiophene rings is 1. The van der Waals surface area contributed by atoms with E-state index in [2.05, 4.69) is 5.32 Å². The molecule has 0 radical (unpaired) electrons. The summed E-state index contributed by atoms with van der Waals surface area (Å²) >= 11 is 7.10. The molecule has 0 aliphatic carbocycles. The normalized spacial score (nSPS) is 13.2. The van der Waals surface area contributed by atoms with E-state index < -0.39 is 36.3 Å². The molecule has 0 spiro atoms. The lowest BCUT2D eigenvalue weighted by atomic mass is 10.0. The van der Waals surface area contributed by atoms with E-state index in [1.807, 2.05) is 6.92 Å². The second-order valence-corrected chi connectivity index (χ2v) is 10.0. The molecule has 0 fully saturated rings. The molecule has 2 heterocycles. The van der Waals surface area contributed by atoms with Gasteiger partial charge in [-0.25, -0.2) is 9.59 Å². The summed E-state index contributed by atoms with van der Waals surface area (Å²) in [7, 11) is 0. The number of hydrogen-bond donors (Lipinski definition) is 1. The van der Waals surface area contributed by atoms with Crippen molar-refractivity contribution in [3.05, 3.63) is 75.1 Å². The summed E-state index contributed by atoms with van der Waals surface area (Å²) in [5.41, 5.74) is 1.81. The van der Waals surface area contributed by atoms with E-state index in [0.29, 0.717) is 22.6 Å². The highest BCUT2D eigenvalue weighted by atomic mass is 35.5. The molecule has 202 valence electrons. The van der Waals surface area contributed by atoms with Crippen molar-refractivity contribution in [3.63, 3.8) is 0 Å². The summed E-state index contributed by atoms with van der Waals surface area (Å²) in [4.78, 5) is 64.5. The van der Waals surface area contributed by atoms with Gasteiger partial charge in [-0.15, -0.1) is 11.3 Å². The van der Waals surface area contributed by atoms with Crippen LogP contribution in [0.2, 0.25) is 5.02 Å². The second kappa shape index (κ2) is 11.8. The average molecular weight is 569 g/mol. The second-order valence-electron chi connectivity index (χ2n) is 8.70. The maximum absolute atomic E-state index is 12.8. The Bertz CT molecular complexity index is 1470. The van der Waals surface area contributed by atoms with Gasteiger partial charge in [0.15, 0.2) is 6.61 Å². The van der Waals surface area contributed by atoms with Crippen molar-refractivity contribution >= 4 is 57.6 Å². The molecular weight excluding hydrogens is 544 g/mol. The van der Waals surface area contributed by atoms with E-state index >= 15 is 0 Å². The number of rotatable bonds is 9. The lowest BCUT2D eigenvalue weighted by Gasteiger charge is -2.20. The average Bonchev–Trinajstić information content (AvgIpc) is 3.45. The van der Waals surface area contributed by atoms with Gasteiger partial charge in [0.25, 0.3) is 17.7 Å². The van der Waals surface area contributed by atoms with Crippen molar-refractivity contribution in [2.75, 3.05) is 18.5 Å². The molecular formula is C28H25ClN2O7S. The molecule has 1 aliphatic rings. The summed E-state index contributed by atoms with van der Waals surface area (Å²) in [5, 5.41) is 5.10. The van der Waals surface area contributed by atoms with Gasteiger partial charge < -0.3 is 14.8 Å². The fourth-order valence-corrected chi connectivity index (χ4v) is 5.14. The van der Waals surface area contributed by atoms with Crippen LogP contribution in [0.3, 0.4) is 0 Å². The Balaban J connectivity index is 1.46. The summed E-state index contributed by atoms with van der Waals surface area (Å²) in [6.07, 6.45) is 0.596. The molecule has 1 atom stereocenters. The summed E-state index contributed by atoms with van der Waals surface area (Å²) in [5.74, 6) is -3.00. The first kappa shape index (κ1) is 28.0. The van der Waals surface area contributed by atoms with Gasteiger partial charge in [0.2, 0.25) is 0 Å². The third kappa shape index (κ3) is 5.71. The summed E-state index contributed by atoms with van der Waals surface area (Å²) < 4.78 is 10.3. The molecule has 0 saturated heterocycles. The first-order chi connectivity index (χ1) is 18.7. The number of carbonyl (C=O) groups is 5. The monoisotopic (exact) mass is 568 g/mol. The number of nitrogens with one attached hydrogen (secondary N) is 1. The van der Waals surface area contributed by atoms with E-state index in [0.717, 1.165) is 11.3 Å². The quantitative estimate of drug-likeness (QED) is 0.270. The van der Waals surface area contributed by atoms with Crippen LogP contribution < -0.4 is 5.32 Å². The van der Waals surface area contributed by atoms with E-state index in [9.17, 15) is 24.0 Å². The van der Waals surface area contributed by atoms with Crippen LogP contribution in [0, 0.1) is 0 Å². The topological polar surface area (TPSA) is 119 Å². The SMILES string of the molecule is CCOC(=O)c1c(-c2ccc(Cl)cc2)csc1NC(=O)COC(=O)c1ccc2c(c1)C(=O)N(C(C)CC)C2=O. The Labute approximate surface area is 233 Å². The number of hydrogen-bond acceptors (Lipinski definition) is 8. The molecule has 3 aromatic rings. The fraction of sp³-hybridized carbons (Fsp3) is 0.250. The predicted molar refractivity (Wildman–Crippen MR) is 146 cm³/mol. The largest absolute Gasteiger partial charge is 0.462 e. The van der Waals surface area contributed by atoms with Gasteiger partial charge in [0.05, 0.1) is 23.3 Å². The van der Waals surface area contributed by atoms with Crippen LogP contribution in [0.4, 0.5) is 5.00 Å². The standard InChI is InChI=1S/C28H25ClN2O7S/c1-4-15(3)31-25(33)19-11-8-17(12-20(19)26(31)34)27(35)38-13-22(32)30-24-23(28(36)37-5-2)21(14-39-24)16-6-9-18(29)10-7-16/h6-12,14-15H,4-5,13H2,1-3H3,(H,30,32). The zero-order valence-electron chi connectivity index (χ0n) is 21.4. The van der Waals surface area contributed by atoms with Crippen LogP contribution in [0.1, 0.15) is 68.6 Å². The van der Waals surface area contributed by atoms with E-state index in [1.54, 1.807) is 43.5 Å². The lowest BCUT2D eigenvalue weighted by molar-refractivity contribution is -0.119. The molecule has 4 rings (SSSR count). The molecule has 9 nitrogen and oxygen atoms in total. The summed E-state index contributed by atoms with van der Waals surface area (Å²) in [6.45, 7) is 4.82. The number of esters is 2. The molecule has 2 aromatic carbocycles. The molecule has 1 N–H and O–H groups in total. The van der Waals surface area contributed by atoms with Crippen molar-refractivity contribution in [1.29, 1.82) is 0 Å². The first-order valence-electron chi connectivity index (χ1n) is 12.2. The van der Waals surface area contributed by atoms with Crippen LogP contribution in [0.25, 0.3) is 11.1 Å². The van der Waals surface area contributed by atoms with Gasteiger partial charge in [-0.2, -0.15) is 0 Å². The molecule has 3 amide bonds. The Hall–Kier alpha value is -4.02. The molecule has 11 heteroatoms. The highest BCUT2D eigenvalue weighted by Gasteiger charge is 2.38. The van der Waals surface area contributed by atoms with Gasteiger partial charge in [-0.1, -0.05) is 30.7 Å². The molecule has 1 aromatic heterocycles. The van der Waals surface area contributed by atoms with E-state index in [4.69, 9.17) is 21.1 Å². The number of amides is 3. The zero-order valence-corrected chi connectivity index (χ0v) is 23.0. The maximum Gasteiger partial charge on any atom is 0.341 e. The minimum absolute atomic E-state index is 0.0297. The maximum atomic E-state index is 12.8. The predicted octanol–water partition coefficient (Wildman–Crippen LogP) is 5.44. The van der Waals surface area contributed by atoms with Crippen LogP contribution in [0.15, 0.2) is 47.8 Å². The van der Waals surface area contributed by atoms with Gasteiger partial charge in [-0.3, -0.25) is 19.3 Å².